The van der Waals surface area contributed by atoms with Gasteiger partial charge in [0.1, 0.15) is 24.7 Å². The zero-order valence-electron chi connectivity index (χ0n) is 16.8. The first-order valence-electron chi connectivity index (χ1n) is 9.53. The smallest absolute Gasteiger partial charge is 0.165 e. The van der Waals surface area contributed by atoms with Crippen LogP contribution >= 0.6 is 15.9 Å². The maximum Gasteiger partial charge on any atom is 0.165 e. The summed E-state index contributed by atoms with van der Waals surface area (Å²) in [5.74, 6) is 1.70. The van der Waals surface area contributed by atoms with E-state index < -0.39 is 4.74 Å². The molecule has 0 aromatic heterocycles. The number of ether oxygens (including phenoxy) is 2. The van der Waals surface area contributed by atoms with Crippen LogP contribution < -0.4 is 9.47 Å². The number of hydrogen-bond acceptors (Lipinski definition) is 4. The Kier molecular flexibility index (Phi) is 11.8. The van der Waals surface area contributed by atoms with Gasteiger partial charge in [0.05, 0.1) is 12.3 Å². The van der Waals surface area contributed by atoms with E-state index in [2.05, 4.69) is 34.9 Å². The molecule has 0 saturated carbocycles. The molecule has 0 N–H and O–H groups in total. The van der Waals surface area contributed by atoms with E-state index in [0.29, 0.717) is 13.2 Å². The summed E-state index contributed by atoms with van der Waals surface area (Å²) in [4.78, 5) is 5.20. The van der Waals surface area contributed by atoms with Gasteiger partial charge < -0.3 is 14.3 Å². The van der Waals surface area contributed by atoms with Crippen molar-refractivity contribution in [3.63, 3.8) is 0 Å². The van der Waals surface area contributed by atoms with Gasteiger partial charge in [-0.1, -0.05) is 19.0 Å². The summed E-state index contributed by atoms with van der Waals surface area (Å²) in [5, 5.41) is 3.92. The van der Waals surface area contributed by atoms with Gasteiger partial charge >= 0.3 is 0 Å². The third-order valence-corrected chi connectivity index (χ3v) is 4.16. The molecule has 1 aromatic carbocycles. The molecule has 0 fully saturated rings. The predicted molar refractivity (Wildman–Crippen MR) is 113 cm³/mol. The van der Waals surface area contributed by atoms with Gasteiger partial charge in [0.2, 0.25) is 0 Å². The Morgan fingerprint density at radius 2 is 1.67 bits per heavy atom. The van der Waals surface area contributed by atoms with Gasteiger partial charge in [0, 0.05) is 0 Å². The molecule has 0 spiro atoms. The van der Waals surface area contributed by atoms with Crippen molar-refractivity contribution in [1.82, 2.24) is 0 Å². The lowest BCUT2D eigenvalue weighted by molar-refractivity contribution is 0.138. The number of unbranched alkanes of at least 4 members (excludes halogenated alkanes) is 2. The van der Waals surface area contributed by atoms with E-state index in [0.717, 1.165) is 60.4 Å². The molecule has 6 heteroatoms. The molecule has 0 amide bonds. The summed E-state index contributed by atoms with van der Waals surface area (Å²) in [6.07, 6.45) is 6.02. The van der Waals surface area contributed by atoms with Gasteiger partial charge in [0.25, 0.3) is 0 Å². The Hall–Kier alpha value is -1.56. The summed E-state index contributed by atoms with van der Waals surface area (Å²) >= 11 is 2.76. The Labute approximate surface area is 170 Å². The molecule has 1 aromatic rings. The SMILES string of the molecule is CCc1cc(OC/C=C(\F)Br)cc(CC)c1OCCCCCON=C(C)C. The minimum Gasteiger partial charge on any atom is -0.493 e. The lowest BCUT2D eigenvalue weighted by atomic mass is 10.0. The lowest BCUT2D eigenvalue weighted by Crippen LogP contribution is -2.05. The van der Waals surface area contributed by atoms with Crippen LogP contribution in [0.1, 0.15) is 58.1 Å². The van der Waals surface area contributed by atoms with Crippen molar-refractivity contribution in [2.24, 2.45) is 5.16 Å². The van der Waals surface area contributed by atoms with Crippen LogP contribution in [0, 0.1) is 0 Å². The summed E-state index contributed by atoms with van der Waals surface area (Å²) in [5.41, 5.74) is 3.16. The van der Waals surface area contributed by atoms with Crippen LogP contribution in [0.2, 0.25) is 0 Å². The third kappa shape index (κ3) is 9.80. The second kappa shape index (κ2) is 13.6. The van der Waals surface area contributed by atoms with Crippen molar-refractivity contribution in [2.45, 2.75) is 59.8 Å². The highest BCUT2D eigenvalue weighted by Gasteiger charge is 2.11. The minimum absolute atomic E-state index is 0.188. The normalized spacial score (nSPS) is 11.3. The fourth-order valence-electron chi connectivity index (χ4n) is 2.51. The molecule has 0 unspecified atom stereocenters. The highest BCUT2D eigenvalue weighted by atomic mass is 79.9. The van der Waals surface area contributed by atoms with Gasteiger partial charge in [0.15, 0.2) is 4.74 Å². The molecule has 4 nitrogen and oxygen atoms in total. The quantitative estimate of drug-likeness (QED) is 0.202. The first kappa shape index (κ1) is 23.5. The number of benzene rings is 1. The van der Waals surface area contributed by atoms with Crippen molar-refractivity contribution in [2.75, 3.05) is 19.8 Å². The first-order chi connectivity index (χ1) is 13.0. The van der Waals surface area contributed by atoms with Crippen LogP contribution in [-0.2, 0) is 17.7 Å². The molecule has 0 bridgehead atoms. The maximum absolute atomic E-state index is 12.7. The molecule has 0 atom stereocenters. The zero-order chi connectivity index (χ0) is 20.1. The number of hydrogen-bond donors (Lipinski definition) is 0. The number of halogens is 2. The maximum atomic E-state index is 12.7. The Balaban J connectivity index is 2.55. The molecular formula is C21H31BrFNO3. The van der Waals surface area contributed by atoms with Gasteiger partial charge in [-0.15, -0.1) is 0 Å². The van der Waals surface area contributed by atoms with Crippen LogP contribution in [0.4, 0.5) is 4.39 Å². The monoisotopic (exact) mass is 443 g/mol. The fraction of sp³-hybridized carbons (Fsp3) is 0.571. The van der Waals surface area contributed by atoms with Crippen LogP contribution in [-0.4, -0.2) is 25.5 Å². The molecule has 0 aliphatic heterocycles. The van der Waals surface area contributed by atoms with E-state index >= 15 is 0 Å². The van der Waals surface area contributed by atoms with Gasteiger partial charge in [-0.05, 0) is 91.2 Å². The van der Waals surface area contributed by atoms with Crippen molar-refractivity contribution in [3.8, 4) is 11.5 Å². The predicted octanol–water partition coefficient (Wildman–Crippen LogP) is 6.36. The Morgan fingerprint density at radius 3 is 2.22 bits per heavy atom. The number of oxime groups is 1. The molecule has 0 aliphatic rings. The highest BCUT2D eigenvalue weighted by molar-refractivity contribution is 9.11. The summed E-state index contributed by atoms with van der Waals surface area (Å²) in [6, 6.07) is 3.96. The van der Waals surface area contributed by atoms with E-state index in [1.54, 1.807) is 0 Å². The van der Waals surface area contributed by atoms with Crippen molar-refractivity contribution in [1.29, 1.82) is 0 Å². The van der Waals surface area contributed by atoms with Crippen LogP contribution in [0.5, 0.6) is 11.5 Å². The highest BCUT2D eigenvalue weighted by Crippen LogP contribution is 2.31. The number of rotatable bonds is 13. The van der Waals surface area contributed by atoms with Crippen LogP contribution in [0.15, 0.2) is 28.1 Å². The van der Waals surface area contributed by atoms with Crippen molar-refractivity contribution < 1.29 is 18.7 Å². The molecule has 0 radical (unpaired) electrons. The Morgan fingerprint density at radius 1 is 1.04 bits per heavy atom. The van der Waals surface area contributed by atoms with E-state index in [9.17, 15) is 4.39 Å². The van der Waals surface area contributed by atoms with Gasteiger partial charge in [-0.3, -0.25) is 0 Å². The lowest BCUT2D eigenvalue weighted by Gasteiger charge is -2.17. The second-order valence-electron chi connectivity index (χ2n) is 6.36. The van der Waals surface area contributed by atoms with E-state index in [1.807, 2.05) is 26.0 Å². The molecule has 0 aliphatic carbocycles. The van der Waals surface area contributed by atoms with Crippen molar-refractivity contribution >= 4 is 21.6 Å². The van der Waals surface area contributed by atoms with E-state index in [1.165, 1.54) is 6.08 Å². The largest absolute Gasteiger partial charge is 0.493 e. The second-order valence-corrected chi connectivity index (χ2v) is 7.12. The summed E-state index contributed by atoms with van der Waals surface area (Å²) in [7, 11) is 0. The number of aryl methyl sites for hydroxylation is 2. The summed E-state index contributed by atoms with van der Waals surface area (Å²) in [6.45, 7) is 9.52. The minimum atomic E-state index is -0.420. The molecule has 152 valence electrons. The number of nitrogens with zero attached hydrogens (tertiary/aromatic N) is 1. The molecule has 0 saturated heterocycles. The van der Waals surface area contributed by atoms with Crippen molar-refractivity contribution in [3.05, 3.63) is 34.1 Å². The van der Waals surface area contributed by atoms with E-state index in [4.69, 9.17) is 14.3 Å². The average molecular weight is 444 g/mol. The third-order valence-electron chi connectivity index (χ3n) is 3.84. The zero-order valence-corrected chi connectivity index (χ0v) is 18.4. The van der Waals surface area contributed by atoms with Gasteiger partial charge in [-0.25, -0.2) is 0 Å². The molecule has 1 rings (SSSR count). The average Bonchev–Trinajstić information content (AvgIpc) is 2.63. The molecule has 27 heavy (non-hydrogen) atoms. The standard InChI is InChI=1S/C21H31BrFNO3/c1-5-17-14-19(25-13-10-20(22)23)15-18(6-2)21(17)26-11-8-7-9-12-27-24-16(3)4/h10,14-15H,5-9,11-13H2,1-4H3/b20-10-. The Bertz CT molecular complexity index is 599. The first-order valence-corrected chi connectivity index (χ1v) is 10.3. The topological polar surface area (TPSA) is 40.0 Å². The molecule has 0 heterocycles. The van der Waals surface area contributed by atoms with Crippen LogP contribution in [0.3, 0.4) is 0 Å². The van der Waals surface area contributed by atoms with Gasteiger partial charge in [-0.2, -0.15) is 4.39 Å². The fourth-order valence-corrected chi connectivity index (χ4v) is 2.64. The van der Waals surface area contributed by atoms with E-state index in [-0.39, 0.29) is 6.61 Å². The van der Waals surface area contributed by atoms with Crippen LogP contribution in [0.25, 0.3) is 0 Å². The molecular weight excluding hydrogens is 413 g/mol. The summed E-state index contributed by atoms with van der Waals surface area (Å²) < 4.78 is 24.0.